The lowest BCUT2D eigenvalue weighted by Crippen LogP contribution is -2.29. The van der Waals surface area contributed by atoms with E-state index in [1.54, 1.807) is 6.20 Å². The molecule has 0 atom stereocenters. The average Bonchev–Trinajstić information content (AvgIpc) is 2.70. The molecule has 5 nitrogen and oxygen atoms in total. The normalized spacial score (nSPS) is 15.8. The fourth-order valence-corrected chi connectivity index (χ4v) is 2.16. The van der Waals surface area contributed by atoms with Crippen LogP contribution in [0.2, 0.25) is 0 Å². The predicted octanol–water partition coefficient (Wildman–Crippen LogP) is 1.21. The highest BCUT2D eigenvalue weighted by atomic mass is 16.4. The summed E-state index contributed by atoms with van der Waals surface area (Å²) >= 11 is 0. The second-order valence-corrected chi connectivity index (χ2v) is 4.24. The lowest BCUT2D eigenvalue weighted by atomic mass is 10.1. The van der Waals surface area contributed by atoms with Gasteiger partial charge in [0.1, 0.15) is 5.76 Å². The van der Waals surface area contributed by atoms with Crippen molar-refractivity contribution in [2.45, 2.75) is 19.5 Å². The van der Waals surface area contributed by atoms with Crippen LogP contribution in [0.15, 0.2) is 28.9 Å². The Balaban J connectivity index is 1.72. The number of nitrogens with two attached hydrogens (primary N) is 1. The maximum absolute atomic E-state index is 5.55. The van der Waals surface area contributed by atoms with E-state index < -0.39 is 0 Å². The molecule has 0 saturated carbocycles. The monoisotopic (exact) mass is 230 g/mol. The first kappa shape index (κ1) is 10.3. The van der Waals surface area contributed by atoms with Crippen LogP contribution < -0.4 is 5.73 Å². The van der Waals surface area contributed by atoms with Crippen molar-refractivity contribution in [3.63, 3.8) is 0 Å². The summed E-state index contributed by atoms with van der Waals surface area (Å²) in [4.78, 5) is 10.6. The summed E-state index contributed by atoms with van der Waals surface area (Å²) in [5.74, 6) is 0.935. The zero-order chi connectivity index (χ0) is 11.7. The van der Waals surface area contributed by atoms with Crippen LogP contribution in [0.3, 0.4) is 0 Å². The minimum Gasteiger partial charge on any atom is -0.429 e. The molecule has 1 aliphatic rings. The number of anilines is 1. The Kier molecular flexibility index (Phi) is 2.53. The summed E-state index contributed by atoms with van der Waals surface area (Å²) in [5, 5.41) is 0. The first-order valence-electron chi connectivity index (χ1n) is 5.66. The zero-order valence-electron chi connectivity index (χ0n) is 9.47. The fraction of sp³-hybridized carbons (Fsp3) is 0.333. The molecule has 17 heavy (non-hydrogen) atoms. The van der Waals surface area contributed by atoms with Crippen molar-refractivity contribution in [1.82, 2.24) is 14.9 Å². The van der Waals surface area contributed by atoms with Crippen molar-refractivity contribution in [2.24, 2.45) is 0 Å². The summed E-state index contributed by atoms with van der Waals surface area (Å²) in [6.45, 7) is 2.65. The standard InChI is InChI=1S/C12H14N4O/c13-12-15-10-8-16(5-3-11(10)17-12)7-9-2-1-4-14-6-9/h1-2,4,6H,3,5,7-8H2,(H2,13,15). The third-order valence-electron chi connectivity index (χ3n) is 2.95. The van der Waals surface area contributed by atoms with Crippen LogP contribution in [0, 0.1) is 0 Å². The number of nitrogen functional groups attached to an aromatic ring is 1. The molecule has 0 fully saturated rings. The van der Waals surface area contributed by atoms with Gasteiger partial charge in [-0.1, -0.05) is 6.07 Å². The number of aromatic nitrogens is 2. The lowest BCUT2D eigenvalue weighted by molar-refractivity contribution is 0.232. The molecule has 0 aliphatic carbocycles. The number of pyridine rings is 1. The van der Waals surface area contributed by atoms with Gasteiger partial charge in [0.15, 0.2) is 0 Å². The molecule has 2 N–H and O–H groups in total. The van der Waals surface area contributed by atoms with Gasteiger partial charge in [0.2, 0.25) is 0 Å². The van der Waals surface area contributed by atoms with Crippen LogP contribution in [-0.4, -0.2) is 21.4 Å². The van der Waals surface area contributed by atoms with Crippen LogP contribution in [0.1, 0.15) is 17.0 Å². The summed E-state index contributed by atoms with van der Waals surface area (Å²) in [7, 11) is 0. The van der Waals surface area contributed by atoms with Crippen LogP contribution >= 0.6 is 0 Å². The molecule has 0 saturated heterocycles. The maximum Gasteiger partial charge on any atom is 0.292 e. The average molecular weight is 230 g/mol. The second-order valence-electron chi connectivity index (χ2n) is 4.24. The van der Waals surface area contributed by atoms with Gasteiger partial charge in [-0.05, 0) is 11.6 Å². The molecule has 0 unspecified atom stereocenters. The van der Waals surface area contributed by atoms with E-state index in [0.29, 0.717) is 0 Å². The quantitative estimate of drug-likeness (QED) is 0.839. The maximum atomic E-state index is 5.55. The van der Waals surface area contributed by atoms with Crippen LogP contribution in [0.4, 0.5) is 6.01 Å². The second kappa shape index (κ2) is 4.18. The Morgan fingerprint density at radius 1 is 1.47 bits per heavy atom. The Hall–Kier alpha value is -1.88. The van der Waals surface area contributed by atoms with Crippen molar-refractivity contribution in [1.29, 1.82) is 0 Å². The molecular weight excluding hydrogens is 216 g/mol. The summed E-state index contributed by atoms with van der Waals surface area (Å²) in [6, 6.07) is 4.32. The first-order chi connectivity index (χ1) is 8.31. The Bertz CT molecular complexity index is 508. The summed E-state index contributed by atoms with van der Waals surface area (Å²) in [6.07, 6.45) is 4.56. The minimum absolute atomic E-state index is 0.276. The van der Waals surface area contributed by atoms with Crippen molar-refractivity contribution < 1.29 is 4.42 Å². The van der Waals surface area contributed by atoms with Gasteiger partial charge in [-0.3, -0.25) is 9.88 Å². The minimum atomic E-state index is 0.276. The molecule has 0 spiro atoms. The molecule has 88 valence electrons. The van der Waals surface area contributed by atoms with Gasteiger partial charge in [-0.25, -0.2) is 0 Å². The third kappa shape index (κ3) is 2.14. The largest absolute Gasteiger partial charge is 0.429 e. The van der Waals surface area contributed by atoms with Gasteiger partial charge in [0, 0.05) is 38.4 Å². The van der Waals surface area contributed by atoms with Gasteiger partial charge < -0.3 is 10.2 Å². The molecule has 2 aromatic heterocycles. The molecular formula is C12H14N4O. The highest BCUT2D eigenvalue weighted by Gasteiger charge is 2.21. The highest BCUT2D eigenvalue weighted by molar-refractivity contribution is 5.22. The van der Waals surface area contributed by atoms with E-state index in [0.717, 1.165) is 37.5 Å². The molecule has 0 amide bonds. The van der Waals surface area contributed by atoms with Gasteiger partial charge in [-0.15, -0.1) is 0 Å². The van der Waals surface area contributed by atoms with E-state index >= 15 is 0 Å². The number of nitrogens with zero attached hydrogens (tertiary/aromatic N) is 3. The van der Waals surface area contributed by atoms with Crippen LogP contribution in [0.25, 0.3) is 0 Å². The smallest absolute Gasteiger partial charge is 0.292 e. The van der Waals surface area contributed by atoms with E-state index in [4.69, 9.17) is 10.2 Å². The van der Waals surface area contributed by atoms with Gasteiger partial charge in [0.05, 0.1) is 5.69 Å². The molecule has 5 heteroatoms. The number of oxazole rings is 1. The number of hydrogen-bond donors (Lipinski definition) is 1. The van der Waals surface area contributed by atoms with Gasteiger partial charge in [0.25, 0.3) is 6.01 Å². The molecule has 1 aliphatic heterocycles. The lowest BCUT2D eigenvalue weighted by Gasteiger charge is -2.24. The molecule has 2 aromatic rings. The van der Waals surface area contributed by atoms with E-state index in [1.807, 2.05) is 12.3 Å². The van der Waals surface area contributed by atoms with Gasteiger partial charge in [-0.2, -0.15) is 4.98 Å². The van der Waals surface area contributed by atoms with Crippen molar-refractivity contribution in [3.05, 3.63) is 41.5 Å². The Labute approximate surface area is 99.3 Å². The van der Waals surface area contributed by atoms with E-state index in [1.165, 1.54) is 5.56 Å². The molecule has 3 heterocycles. The number of hydrogen-bond acceptors (Lipinski definition) is 5. The zero-order valence-corrected chi connectivity index (χ0v) is 9.47. The van der Waals surface area contributed by atoms with Crippen LogP contribution in [-0.2, 0) is 19.5 Å². The predicted molar refractivity (Wildman–Crippen MR) is 63.0 cm³/mol. The third-order valence-corrected chi connectivity index (χ3v) is 2.95. The number of fused-ring (bicyclic) bond motifs is 1. The van der Waals surface area contributed by atoms with E-state index in [-0.39, 0.29) is 6.01 Å². The van der Waals surface area contributed by atoms with Crippen molar-refractivity contribution >= 4 is 6.01 Å². The van der Waals surface area contributed by atoms with Gasteiger partial charge >= 0.3 is 0 Å². The molecule has 0 radical (unpaired) electrons. The Morgan fingerprint density at radius 2 is 2.41 bits per heavy atom. The molecule has 0 aromatic carbocycles. The highest BCUT2D eigenvalue weighted by Crippen LogP contribution is 2.21. The Morgan fingerprint density at radius 3 is 3.24 bits per heavy atom. The topological polar surface area (TPSA) is 68.2 Å². The van der Waals surface area contributed by atoms with E-state index in [9.17, 15) is 0 Å². The molecule has 0 bridgehead atoms. The fourth-order valence-electron chi connectivity index (χ4n) is 2.16. The SMILES string of the molecule is Nc1nc2c(o1)CCN(Cc1cccnc1)C2. The van der Waals surface area contributed by atoms with Crippen LogP contribution in [0.5, 0.6) is 0 Å². The molecule has 3 rings (SSSR count). The van der Waals surface area contributed by atoms with Crippen molar-refractivity contribution in [2.75, 3.05) is 12.3 Å². The van der Waals surface area contributed by atoms with Crippen molar-refractivity contribution in [3.8, 4) is 0 Å². The summed E-state index contributed by atoms with van der Waals surface area (Å²) in [5.41, 5.74) is 7.74. The summed E-state index contributed by atoms with van der Waals surface area (Å²) < 4.78 is 5.33. The number of rotatable bonds is 2. The first-order valence-corrected chi connectivity index (χ1v) is 5.66. The van der Waals surface area contributed by atoms with E-state index in [2.05, 4.69) is 20.9 Å².